The second-order valence-corrected chi connectivity index (χ2v) is 7.01. The van der Waals surface area contributed by atoms with Gasteiger partial charge in [0.05, 0.1) is 6.61 Å². The number of nitrogens with one attached hydrogen (secondary N) is 2. The van der Waals surface area contributed by atoms with E-state index in [0.29, 0.717) is 6.54 Å². The zero-order valence-corrected chi connectivity index (χ0v) is 16.1. The molecule has 7 heteroatoms. The number of ether oxygens (including phenoxy) is 1. The molecule has 0 spiro atoms. The maximum atomic E-state index is 5.98. The second kappa shape index (κ2) is 8.73. The first kappa shape index (κ1) is 18.3. The zero-order valence-electron chi connectivity index (χ0n) is 16.1. The fourth-order valence-electron chi connectivity index (χ4n) is 3.04. The fraction of sp³-hybridized carbons (Fsp3) is 0.381. The van der Waals surface area contributed by atoms with Crippen LogP contribution < -0.4 is 15.4 Å². The lowest BCUT2D eigenvalue weighted by molar-refractivity contribution is 0.296. The summed E-state index contributed by atoms with van der Waals surface area (Å²) in [6.45, 7) is 2.19. The van der Waals surface area contributed by atoms with Gasteiger partial charge in [0.2, 0.25) is 0 Å². The Morgan fingerprint density at radius 2 is 2.00 bits per heavy atom. The smallest absolute Gasteiger partial charge is 0.191 e. The molecule has 2 aromatic heterocycles. The van der Waals surface area contributed by atoms with Gasteiger partial charge in [-0.25, -0.2) is 0 Å². The van der Waals surface area contributed by atoms with E-state index in [0.717, 1.165) is 54.2 Å². The van der Waals surface area contributed by atoms with Gasteiger partial charge in [-0.05, 0) is 37.0 Å². The van der Waals surface area contributed by atoms with Gasteiger partial charge < -0.3 is 15.4 Å². The van der Waals surface area contributed by atoms with Crippen molar-refractivity contribution in [1.82, 2.24) is 25.2 Å². The number of hydrogen-bond acceptors (Lipinski definition) is 4. The number of aliphatic imine (C=N–C) groups is 1. The summed E-state index contributed by atoms with van der Waals surface area (Å²) in [5, 5.41) is 15.1. The molecule has 2 heterocycles. The Labute approximate surface area is 164 Å². The number of nitrogens with zero attached hydrogens (tertiary/aromatic N) is 4. The van der Waals surface area contributed by atoms with Crippen LogP contribution in [0.2, 0.25) is 0 Å². The molecule has 2 N–H and O–H groups in total. The lowest BCUT2D eigenvalue weighted by atomic mass is 10.2. The number of guanidine groups is 1. The molecule has 3 aromatic rings. The van der Waals surface area contributed by atoms with E-state index in [9.17, 15) is 0 Å². The lowest BCUT2D eigenvalue weighted by Gasteiger charge is -2.14. The molecule has 0 amide bonds. The molecule has 4 rings (SSSR count). The average Bonchev–Trinajstić information content (AvgIpc) is 3.48. The predicted molar refractivity (Wildman–Crippen MR) is 110 cm³/mol. The third kappa shape index (κ3) is 4.60. The predicted octanol–water partition coefficient (Wildman–Crippen LogP) is 2.43. The number of rotatable bonds is 8. The number of para-hydroxylation sites is 1. The van der Waals surface area contributed by atoms with Crippen LogP contribution >= 0.6 is 0 Å². The average molecular weight is 378 g/mol. The quantitative estimate of drug-likeness (QED) is 0.465. The third-order valence-electron chi connectivity index (χ3n) is 4.84. The Balaban J connectivity index is 1.28. The monoisotopic (exact) mass is 378 g/mol. The van der Waals surface area contributed by atoms with E-state index in [1.807, 2.05) is 47.0 Å². The summed E-state index contributed by atoms with van der Waals surface area (Å²) in [4.78, 5) is 4.31. The summed E-state index contributed by atoms with van der Waals surface area (Å²) in [7, 11) is 1.78. The first-order chi connectivity index (χ1) is 13.8. The number of pyridine rings is 1. The van der Waals surface area contributed by atoms with Gasteiger partial charge >= 0.3 is 0 Å². The molecule has 0 radical (unpaired) electrons. The van der Waals surface area contributed by atoms with Gasteiger partial charge in [-0.1, -0.05) is 24.3 Å². The number of hydrogen-bond donors (Lipinski definition) is 2. The molecule has 146 valence electrons. The minimum absolute atomic E-state index is 0.661. The molecule has 0 aliphatic heterocycles. The van der Waals surface area contributed by atoms with Crippen LogP contribution in [0.4, 0.5) is 0 Å². The highest BCUT2D eigenvalue weighted by Crippen LogP contribution is 2.30. The van der Waals surface area contributed by atoms with Crippen LogP contribution in [0.5, 0.6) is 5.75 Å². The molecular formula is C21H26N6O. The van der Waals surface area contributed by atoms with Gasteiger partial charge in [0.1, 0.15) is 11.6 Å². The Morgan fingerprint density at radius 3 is 2.86 bits per heavy atom. The minimum atomic E-state index is 0.661. The summed E-state index contributed by atoms with van der Waals surface area (Å²) >= 11 is 0. The van der Waals surface area contributed by atoms with Crippen LogP contribution in [0.3, 0.4) is 0 Å². The van der Waals surface area contributed by atoms with Crippen molar-refractivity contribution >= 4 is 11.6 Å². The van der Waals surface area contributed by atoms with Gasteiger partial charge in [0, 0.05) is 38.3 Å². The van der Waals surface area contributed by atoms with Crippen LogP contribution in [0, 0.1) is 5.92 Å². The molecule has 0 bridgehead atoms. The molecular weight excluding hydrogens is 352 g/mol. The molecule has 28 heavy (non-hydrogen) atoms. The van der Waals surface area contributed by atoms with Gasteiger partial charge in [-0.3, -0.25) is 9.39 Å². The summed E-state index contributed by atoms with van der Waals surface area (Å²) in [6, 6.07) is 14.1. The Bertz CT molecular complexity index is 947. The van der Waals surface area contributed by atoms with Crippen molar-refractivity contribution in [2.24, 2.45) is 10.9 Å². The van der Waals surface area contributed by atoms with Crippen LogP contribution in [0.15, 0.2) is 53.7 Å². The van der Waals surface area contributed by atoms with Crippen molar-refractivity contribution in [3.05, 3.63) is 60.0 Å². The molecule has 0 unspecified atom stereocenters. The summed E-state index contributed by atoms with van der Waals surface area (Å²) in [5.74, 6) is 3.37. The fourth-order valence-corrected chi connectivity index (χ4v) is 3.04. The van der Waals surface area contributed by atoms with E-state index in [4.69, 9.17) is 4.74 Å². The van der Waals surface area contributed by atoms with E-state index >= 15 is 0 Å². The van der Waals surface area contributed by atoms with E-state index in [1.165, 1.54) is 12.8 Å². The molecule has 7 nitrogen and oxygen atoms in total. The molecule has 1 aliphatic carbocycles. The summed E-state index contributed by atoms with van der Waals surface area (Å²) in [6.07, 6.45) is 5.32. The largest absolute Gasteiger partial charge is 0.493 e. The van der Waals surface area contributed by atoms with Crippen molar-refractivity contribution < 1.29 is 4.74 Å². The van der Waals surface area contributed by atoms with Crippen LogP contribution in [0.25, 0.3) is 5.65 Å². The first-order valence-corrected chi connectivity index (χ1v) is 9.77. The van der Waals surface area contributed by atoms with E-state index < -0.39 is 0 Å². The van der Waals surface area contributed by atoms with Crippen molar-refractivity contribution in [2.45, 2.75) is 25.8 Å². The van der Waals surface area contributed by atoms with Gasteiger partial charge in [0.25, 0.3) is 0 Å². The Morgan fingerprint density at radius 1 is 1.14 bits per heavy atom. The maximum Gasteiger partial charge on any atom is 0.191 e. The Kier molecular flexibility index (Phi) is 5.70. The number of benzene rings is 1. The van der Waals surface area contributed by atoms with Crippen molar-refractivity contribution in [1.29, 1.82) is 0 Å². The SMILES string of the molecule is CN=C(NCCc1nnc2ccccn12)NCc1ccccc1OCC1CC1. The standard InChI is InChI=1S/C21H26N6O/c1-22-21(23-12-11-20-26-25-19-8-4-5-13-27(19)20)24-14-17-6-2-3-7-18(17)28-15-16-9-10-16/h2-8,13,16H,9-12,14-15H2,1H3,(H2,22,23,24). The van der Waals surface area contributed by atoms with Gasteiger partial charge in [0.15, 0.2) is 11.6 Å². The third-order valence-corrected chi connectivity index (χ3v) is 4.84. The molecule has 1 aromatic carbocycles. The van der Waals surface area contributed by atoms with Gasteiger partial charge in [-0.2, -0.15) is 0 Å². The second-order valence-electron chi connectivity index (χ2n) is 7.01. The summed E-state index contributed by atoms with van der Waals surface area (Å²) < 4.78 is 7.99. The molecule has 0 atom stereocenters. The van der Waals surface area contributed by atoms with Crippen molar-refractivity contribution in [3.8, 4) is 5.75 Å². The van der Waals surface area contributed by atoms with Crippen molar-refractivity contribution in [2.75, 3.05) is 20.2 Å². The first-order valence-electron chi connectivity index (χ1n) is 9.77. The summed E-state index contributed by atoms with van der Waals surface area (Å²) in [5.41, 5.74) is 2.00. The highest BCUT2D eigenvalue weighted by atomic mass is 16.5. The number of fused-ring (bicyclic) bond motifs is 1. The highest BCUT2D eigenvalue weighted by Gasteiger charge is 2.22. The van der Waals surface area contributed by atoms with Crippen LogP contribution in [0.1, 0.15) is 24.2 Å². The van der Waals surface area contributed by atoms with E-state index in [1.54, 1.807) is 7.05 Å². The highest BCUT2D eigenvalue weighted by molar-refractivity contribution is 5.79. The van der Waals surface area contributed by atoms with Crippen molar-refractivity contribution in [3.63, 3.8) is 0 Å². The van der Waals surface area contributed by atoms with E-state index in [-0.39, 0.29) is 0 Å². The zero-order chi connectivity index (χ0) is 19.2. The molecule has 1 fully saturated rings. The Hall–Kier alpha value is -3.09. The lowest BCUT2D eigenvalue weighted by Crippen LogP contribution is -2.38. The normalized spacial score (nSPS) is 14.2. The minimum Gasteiger partial charge on any atom is -0.493 e. The maximum absolute atomic E-state index is 5.98. The number of aromatic nitrogens is 3. The molecule has 1 saturated carbocycles. The van der Waals surface area contributed by atoms with E-state index in [2.05, 4.69) is 31.9 Å². The topological polar surface area (TPSA) is 75.8 Å². The van der Waals surface area contributed by atoms with Crippen LogP contribution in [-0.4, -0.2) is 40.8 Å². The van der Waals surface area contributed by atoms with Crippen LogP contribution in [-0.2, 0) is 13.0 Å². The molecule has 1 aliphatic rings. The van der Waals surface area contributed by atoms with Gasteiger partial charge in [-0.15, -0.1) is 10.2 Å². The molecule has 0 saturated heterocycles.